The van der Waals surface area contributed by atoms with E-state index in [9.17, 15) is 4.79 Å². The molecule has 0 amide bonds. The van der Waals surface area contributed by atoms with Crippen molar-refractivity contribution in [2.24, 2.45) is 5.92 Å². The molecule has 104 valence electrons. The molecule has 1 saturated heterocycles. The van der Waals surface area contributed by atoms with E-state index in [1.807, 2.05) is 6.08 Å². The fourth-order valence-electron chi connectivity index (χ4n) is 2.23. The molecule has 0 aromatic heterocycles. The Hall–Kier alpha value is -0.870. The second kappa shape index (κ2) is 8.27. The number of piperidine rings is 1. The molecule has 0 aromatic rings. The van der Waals surface area contributed by atoms with Gasteiger partial charge < -0.3 is 15.0 Å². The Bertz CT molecular complexity index is 282. The average molecular weight is 254 g/mol. The number of likely N-dealkylation sites (tertiary alicyclic amines) is 1. The topological polar surface area (TPSA) is 41.6 Å². The summed E-state index contributed by atoms with van der Waals surface area (Å²) in [4.78, 5) is 13.5. The Labute approximate surface area is 110 Å². The van der Waals surface area contributed by atoms with Crippen molar-refractivity contribution in [3.63, 3.8) is 0 Å². The lowest BCUT2D eigenvalue weighted by Gasteiger charge is -2.28. The van der Waals surface area contributed by atoms with Crippen molar-refractivity contribution in [2.75, 3.05) is 40.3 Å². The quantitative estimate of drug-likeness (QED) is 0.442. The first-order valence-electron chi connectivity index (χ1n) is 6.77. The number of methoxy groups -OCH3 is 1. The van der Waals surface area contributed by atoms with Gasteiger partial charge in [0, 0.05) is 12.1 Å². The minimum Gasteiger partial charge on any atom is -0.466 e. The predicted molar refractivity (Wildman–Crippen MR) is 73.5 cm³/mol. The second-order valence-corrected chi connectivity index (χ2v) is 5.12. The van der Waals surface area contributed by atoms with Crippen LogP contribution in [0.5, 0.6) is 0 Å². The van der Waals surface area contributed by atoms with Crippen molar-refractivity contribution in [1.82, 2.24) is 10.2 Å². The van der Waals surface area contributed by atoms with Crippen LogP contribution in [0.2, 0.25) is 0 Å². The number of nitrogens with zero attached hydrogens (tertiary/aromatic N) is 1. The zero-order valence-corrected chi connectivity index (χ0v) is 11.9. The SMILES string of the molecule is COC(=O)C(C)=CCNCCC1CCN(C)CC1. The van der Waals surface area contributed by atoms with Gasteiger partial charge in [0.15, 0.2) is 0 Å². The first kappa shape index (κ1) is 15.2. The van der Waals surface area contributed by atoms with Crippen LogP contribution < -0.4 is 5.32 Å². The molecule has 0 unspecified atom stereocenters. The van der Waals surface area contributed by atoms with E-state index in [2.05, 4.69) is 22.0 Å². The van der Waals surface area contributed by atoms with Crippen molar-refractivity contribution in [3.8, 4) is 0 Å². The molecule has 0 atom stereocenters. The molecular weight excluding hydrogens is 228 g/mol. The Morgan fingerprint density at radius 3 is 2.72 bits per heavy atom. The van der Waals surface area contributed by atoms with Gasteiger partial charge in [0.1, 0.15) is 0 Å². The number of ether oxygens (including phenoxy) is 1. The summed E-state index contributed by atoms with van der Waals surface area (Å²) in [5.41, 5.74) is 0.671. The molecule has 1 N–H and O–H groups in total. The Kier molecular flexibility index (Phi) is 6.98. The summed E-state index contributed by atoms with van der Waals surface area (Å²) in [5, 5.41) is 3.36. The number of hydrogen-bond donors (Lipinski definition) is 1. The van der Waals surface area contributed by atoms with Crippen LogP contribution in [0.3, 0.4) is 0 Å². The monoisotopic (exact) mass is 254 g/mol. The van der Waals surface area contributed by atoms with Crippen LogP contribution in [0.15, 0.2) is 11.6 Å². The Morgan fingerprint density at radius 2 is 2.11 bits per heavy atom. The van der Waals surface area contributed by atoms with Gasteiger partial charge >= 0.3 is 5.97 Å². The van der Waals surface area contributed by atoms with Crippen molar-refractivity contribution in [2.45, 2.75) is 26.2 Å². The minimum absolute atomic E-state index is 0.243. The molecule has 1 rings (SSSR count). The molecule has 0 aromatic carbocycles. The van der Waals surface area contributed by atoms with Crippen molar-refractivity contribution >= 4 is 5.97 Å². The molecule has 1 aliphatic heterocycles. The highest BCUT2D eigenvalue weighted by Crippen LogP contribution is 2.18. The van der Waals surface area contributed by atoms with E-state index in [0.29, 0.717) is 5.57 Å². The summed E-state index contributed by atoms with van der Waals surface area (Å²) < 4.78 is 4.63. The van der Waals surface area contributed by atoms with Gasteiger partial charge in [0.05, 0.1) is 7.11 Å². The number of carbonyl (C=O) groups excluding carboxylic acids is 1. The lowest BCUT2D eigenvalue weighted by atomic mass is 9.94. The number of hydrogen-bond acceptors (Lipinski definition) is 4. The molecule has 1 aliphatic rings. The normalized spacial score (nSPS) is 18.9. The lowest BCUT2D eigenvalue weighted by Crippen LogP contribution is -2.31. The predicted octanol–water partition coefficient (Wildman–Crippen LogP) is 1.43. The summed E-state index contributed by atoms with van der Waals surface area (Å²) in [5.74, 6) is 0.617. The Balaban J connectivity index is 2.06. The van der Waals surface area contributed by atoms with Crippen LogP contribution in [0.4, 0.5) is 0 Å². The van der Waals surface area contributed by atoms with Crippen LogP contribution >= 0.6 is 0 Å². The maximum absolute atomic E-state index is 11.1. The molecule has 4 nitrogen and oxygen atoms in total. The molecule has 1 heterocycles. The van der Waals surface area contributed by atoms with Crippen molar-refractivity contribution < 1.29 is 9.53 Å². The largest absolute Gasteiger partial charge is 0.466 e. The van der Waals surface area contributed by atoms with Crippen LogP contribution in [0.1, 0.15) is 26.2 Å². The van der Waals surface area contributed by atoms with Gasteiger partial charge in [0.25, 0.3) is 0 Å². The van der Waals surface area contributed by atoms with Crippen LogP contribution in [-0.2, 0) is 9.53 Å². The fourth-order valence-corrected chi connectivity index (χ4v) is 2.23. The summed E-state index contributed by atoms with van der Waals surface area (Å²) in [6, 6.07) is 0. The molecule has 0 radical (unpaired) electrons. The summed E-state index contributed by atoms with van der Waals surface area (Å²) in [6.45, 7) is 6.01. The van der Waals surface area contributed by atoms with E-state index in [-0.39, 0.29) is 5.97 Å². The highest BCUT2D eigenvalue weighted by molar-refractivity contribution is 5.87. The maximum Gasteiger partial charge on any atom is 0.333 e. The molecule has 0 saturated carbocycles. The summed E-state index contributed by atoms with van der Waals surface area (Å²) in [6.07, 6.45) is 5.75. The molecule has 1 fully saturated rings. The van der Waals surface area contributed by atoms with Crippen molar-refractivity contribution in [3.05, 3.63) is 11.6 Å². The second-order valence-electron chi connectivity index (χ2n) is 5.12. The van der Waals surface area contributed by atoms with Crippen LogP contribution in [0, 0.1) is 5.92 Å². The van der Waals surface area contributed by atoms with Gasteiger partial charge in [-0.25, -0.2) is 4.79 Å². The third-order valence-electron chi connectivity index (χ3n) is 3.63. The molecular formula is C14H26N2O2. The van der Waals surface area contributed by atoms with Crippen molar-refractivity contribution in [1.29, 1.82) is 0 Å². The number of rotatable bonds is 6. The van der Waals surface area contributed by atoms with Gasteiger partial charge in [-0.15, -0.1) is 0 Å². The zero-order chi connectivity index (χ0) is 13.4. The maximum atomic E-state index is 11.1. The van der Waals surface area contributed by atoms with E-state index < -0.39 is 0 Å². The molecule has 4 heteroatoms. The zero-order valence-electron chi connectivity index (χ0n) is 11.9. The van der Waals surface area contributed by atoms with Gasteiger partial charge in [-0.05, 0) is 58.8 Å². The molecule has 0 spiro atoms. The lowest BCUT2D eigenvalue weighted by molar-refractivity contribution is -0.136. The standard InChI is InChI=1S/C14H26N2O2/c1-12(14(17)18-3)4-8-15-9-5-13-6-10-16(2)11-7-13/h4,13,15H,5-11H2,1-3H3. The van der Waals surface area contributed by atoms with Gasteiger partial charge in [-0.1, -0.05) is 6.08 Å². The van der Waals surface area contributed by atoms with E-state index in [4.69, 9.17) is 0 Å². The fraction of sp³-hybridized carbons (Fsp3) is 0.786. The first-order chi connectivity index (χ1) is 8.63. The van der Waals surface area contributed by atoms with Crippen LogP contribution in [-0.4, -0.2) is 51.2 Å². The number of esters is 1. The minimum atomic E-state index is -0.243. The smallest absolute Gasteiger partial charge is 0.333 e. The van der Waals surface area contributed by atoms with Gasteiger partial charge in [-0.2, -0.15) is 0 Å². The number of nitrogens with one attached hydrogen (secondary N) is 1. The van der Waals surface area contributed by atoms with Crippen LogP contribution in [0.25, 0.3) is 0 Å². The summed E-state index contributed by atoms with van der Waals surface area (Å²) in [7, 11) is 3.60. The van der Waals surface area contributed by atoms with Gasteiger partial charge in [0.2, 0.25) is 0 Å². The average Bonchev–Trinajstić information content (AvgIpc) is 2.39. The van der Waals surface area contributed by atoms with E-state index in [0.717, 1.165) is 19.0 Å². The molecule has 18 heavy (non-hydrogen) atoms. The third kappa shape index (κ3) is 5.65. The molecule has 0 aliphatic carbocycles. The number of carbonyl (C=O) groups is 1. The van der Waals surface area contributed by atoms with E-state index in [1.165, 1.54) is 39.5 Å². The Morgan fingerprint density at radius 1 is 1.44 bits per heavy atom. The summed E-state index contributed by atoms with van der Waals surface area (Å²) >= 11 is 0. The first-order valence-corrected chi connectivity index (χ1v) is 6.77. The highest BCUT2D eigenvalue weighted by atomic mass is 16.5. The highest BCUT2D eigenvalue weighted by Gasteiger charge is 2.15. The van der Waals surface area contributed by atoms with E-state index in [1.54, 1.807) is 6.92 Å². The van der Waals surface area contributed by atoms with E-state index >= 15 is 0 Å². The van der Waals surface area contributed by atoms with Gasteiger partial charge in [-0.3, -0.25) is 0 Å². The molecule has 0 bridgehead atoms. The third-order valence-corrected chi connectivity index (χ3v) is 3.63.